The van der Waals surface area contributed by atoms with Crippen LogP contribution in [0.4, 0.5) is 0 Å². The summed E-state index contributed by atoms with van der Waals surface area (Å²) in [4.78, 5) is 0. The highest BCUT2D eigenvalue weighted by atomic mass is 16.5. The van der Waals surface area contributed by atoms with Gasteiger partial charge in [0.25, 0.3) is 0 Å². The van der Waals surface area contributed by atoms with Crippen LogP contribution in [0, 0.1) is 0 Å². The van der Waals surface area contributed by atoms with Gasteiger partial charge in [-0.15, -0.1) is 0 Å². The highest BCUT2D eigenvalue weighted by Crippen LogP contribution is 2.17. The molecule has 0 bridgehead atoms. The predicted octanol–water partition coefficient (Wildman–Crippen LogP) is 0.702. The number of phenols is 1. The van der Waals surface area contributed by atoms with Crippen molar-refractivity contribution in [2.45, 2.75) is 32.7 Å². The fourth-order valence-electron chi connectivity index (χ4n) is 1.38. The fourth-order valence-corrected chi connectivity index (χ4v) is 1.38. The standard InChI is InChI=1S/C11H17NO3/c1-3-8-4-5-10(13)6-9(8)7-12-11(2,14)15/h4-6,12-15H,3,7H2,1-2H3. The average Bonchev–Trinajstić information content (AvgIpc) is 2.14. The summed E-state index contributed by atoms with van der Waals surface area (Å²) in [6, 6.07) is 5.08. The van der Waals surface area contributed by atoms with Gasteiger partial charge in [-0.1, -0.05) is 13.0 Å². The lowest BCUT2D eigenvalue weighted by atomic mass is 10.0. The quantitative estimate of drug-likeness (QED) is 0.553. The number of aliphatic hydroxyl groups is 2. The van der Waals surface area contributed by atoms with Crippen LogP contribution in [-0.4, -0.2) is 21.2 Å². The number of benzene rings is 1. The Hall–Kier alpha value is -1.10. The van der Waals surface area contributed by atoms with E-state index in [0.717, 1.165) is 17.5 Å². The van der Waals surface area contributed by atoms with Crippen molar-refractivity contribution in [3.8, 4) is 5.75 Å². The molecule has 0 aliphatic heterocycles. The van der Waals surface area contributed by atoms with Crippen LogP contribution in [-0.2, 0) is 13.0 Å². The first-order chi connectivity index (χ1) is 6.92. The molecule has 0 saturated heterocycles. The lowest BCUT2D eigenvalue weighted by molar-refractivity contribution is -0.170. The van der Waals surface area contributed by atoms with Crippen LogP contribution in [0.1, 0.15) is 25.0 Å². The van der Waals surface area contributed by atoms with E-state index in [1.807, 2.05) is 13.0 Å². The van der Waals surface area contributed by atoms with Crippen LogP contribution in [0.25, 0.3) is 0 Å². The summed E-state index contributed by atoms with van der Waals surface area (Å²) in [5, 5.41) is 30.0. The lowest BCUT2D eigenvalue weighted by Crippen LogP contribution is -2.41. The molecule has 0 aliphatic rings. The number of aryl methyl sites for hydroxylation is 1. The maximum atomic E-state index is 9.31. The van der Waals surface area contributed by atoms with Crippen molar-refractivity contribution < 1.29 is 15.3 Å². The molecule has 0 saturated carbocycles. The van der Waals surface area contributed by atoms with Crippen molar-refractivity contribution >= 4 is 0 Å². The molecule has 0 radical (unpaired) electrons. The Morgan fingerprint density at radius 2 is 1.93 bits per heavy atom. The number of rotatable bonds is 4. The largest absolute Gasteiger partial charge is 0.508 e. The molecule has 1 aromatic rings. The zero-order chi connectivity index (χ0) is 11.5. The second-order valence-corrected chi connectivity index (χ2v) is 3.68. The second-order valence-electron chi connectivity index (χ2n) is 3.68. The van der Waals surface area contributed by atoms with Crippen molar-refractivity contribution in [1.82, 2.24) is 5.32 Å². The van der Waals surface area contributed by atoms with Crippen LogP contribution in [0.2, 0.25) is 0 Å². The van der Waals surface area contributed by atoms with Gasteiger partial charge in [0.1, 0.15) is 5.75 Å². The van der Waals surface area contributed by atoms with Crippen LogP contribution < -0.4 is 5.32 Å². The van der Waals surface area contributed by atoms with Crippen LogP contribution in [0.3, 0.4) is 0 Å². The molecular weight excluding hydrogens is 194 g/mol. The van der Waals surface area contributed by atoms with E-state index < -0.39 is 5.91 Å². The minimum Gasteiger partial charge on any atom is -0.508 e. The molecule has 0 spiro atoms. The molecule has 1 aromatic carbocycles. The Labute approximate surface area is 89.2 Å². The van der Waals surface area contributed by atoms with Gasteiger partial charge in [-0.05, 0) is 29.7 Å². The normalized spacial score (nSPS) is 11.7. The van der Waals surface area contributed by atoms with Crippen molar-refractivity contribution in [2.75, 3.05) is 0 Å². The van der Waals surface area contributed by atoms with Gasteiger partial charge in [0.15, 0.2) is 0 Å². The van der Waals surface area contributed by atoms with E-state index in [2.05, 4.69) is 5.32 Å². The van der Waals surface area contributed by atoms with Gasteiger partial charge in [0.05, 0.1) is 0 Å². The second kappa shape index (κ2) is 4.61. The zero-order valence-corrected chi connectivity index (χ0v) is 8.99. The SMILES string of the molecule is CCc1ccc(O)cc1CNC(C)(O)O. The molecule has 0 aromatic heterocycles. The fraction of sp³-hybridized carbons (Fsp3) is 0.455. The first-order valence-electron chi connectivity index (χ1n) is 4.93. The third-order valence-corrected chi connectivity index (χ3v) is 2.18. The third-order valence-electron chi connectivity index (χ3n) is 2.18. The Morgan fingerprint density at radius 1 is 1.27 bits per heavy atom. The molecule has 15 heavy (non-hydrogen) atoms. The lowest BCUT2D eigenvalue weighted by Gasteiger charge is -2.18. The maximum absolute atomic E-state index is 9.31. The Balaban J connectivity index is 2.79. The molecule has 4 heteroatoms. The Kier molecular flexibility index (Phi) is 3.68. The Bertz CT molecular complexity index is 331. The summed E-state index contributed by atoms with van der Waals surface area (Å²) in [6.07, 6.45) is 0.838. The molecule has 0 atom stereocenters. The molecule has 0 aliphatic carbocycles. The molecular formula is C11H17NO3. The first-order valence-corrected chi connectivity index (χ1v) is 4.93. The smallest absolute Gasteiger partial charge is 0.219 e. The van der Waals surface area contributed by atoms with Gasteiger partial charge in [0.2, 0.25) is 5.91 Å². The summed E-state index contributed by atoms with van der Waals surface area (Å²) in [7, 11) is 0. The molecule has 4 N–H and O–H groups in total. The van der Waals surface area contributed by atoms with Crippen LogP contribution in [0.15, 0.2) is 18.2 Å². The summed E-state index contributed by atoms with van der Waals surface area (Å²) < 4.78 is 0. The number of hydrogen-bond donors (Lipinski definition) is 4. The zero-order valence-electron chi connectivity index (χ0n) is 8.99. The van der Waals surface area contributed by atoms with E-state index in [1.54, 1.807) is 12.1 Å². The van der Waals surface area contributed by atoms with Crippen LogP contribution in [0.5, 0.6) is 5.75 Å². The summed E-state index contributed by atoms with van der Waals surface area (Å²) in [5.74, 6) is -1.71. The van der Waals surface area contributed by atoms with E-state index in [1.165, 1.54) is 6.92 Å². The third kappa shape index (κ3) is 3.87. The monoisotopic (exact) mass is 211 g/mol. The van der Waals surface area contributed by atoms with Gasteiger partial charge in [0, 0.05) is 13.5 Å². The molecule has 84 valence electrons. The van der Waals surface area contributed by atoms with Crippen LogP contribution >= 0.6 is 0 Å². The highest BCUT2D eigenvalue weighted by molar-refractivity contribution is 5.34. The molecule has 0 amide bonds. The predicted molar refractivity (Wildman–Crippen MR) is 57.2 cm³/mol. The van der Waals surface area contributed by atoms with E-state index in [9.17, 15) is 5.11 Å². The molecule has 0 heterocycles. The topological polar surface area (TPSA) is 72.7 Å². The molecule has 1 rings (SSSR count). The minimum atomic E-state index is -1.89. The molecule has 0 unspecified atom stereocenters. The summed E-state index contributed by atoms with van der Waals surface area (Å²) in [6.45, 7) is 3.56. The van der Waals surface area contributed by atoms with Crippen molar-refractivity contribution in [3.05, 3.63) is 29.3 Å². The van der Waals surface area contributed by atoms with Gasteiger partial charge < -0.3 is 15.3 Å². The highest BCUT2D eigenvalue weighted by Gasteiger charge is 2.14. The number of phenolic OH excluding ortho intramolecular Hbond substituents is 1. The van der Waals surface area contributed by atoms with Gasteiger partial charge in [-0.3, -0.25) is 5.32 Å². The molecule has 0 fully saturated rings. The maximum Gasteiger partial charge on any atom is 0.219 e. The first kappa shape index (κ1) is 12.0. The molecule has 4 nitrogen and oxygen atoms in total. The van der Waals surface area contributed by atoms with E-state index in [0.29, 0.717) is 6.54 Å². The average molecular weight is 211 g/mol. The van der Waals surface area contributed by atoms with Crippen molar-refractivity contribution in [1.29, 1.82) is 0 Å². The van der Waals surface area contributed by atoms with Gasteiger partial charge in [-0.2, -0.15) is 0 Å². The summed E-state index contributed by atoms with van der Waals surface area (Å²) in [5.41, 5.74) is 1.94. The number of nitrogens with one attached hydrogen (secondary N) is 1. The van der Waals surface area contributed by atoms with E-state index in [4.69, 9.17) is 10.2 Å². The van der Waals surface area contributed by atoms with E-state index >= 15 is 0 Å². The van der Waals surface area contributed by atoms with Gasteiger partial charge >= 0.3 is 0 Å². The van der Waals surface area contributed by atoms with E-state index in [-0.39, 0.29) is 5.75 Å². The van der Waals surface area contributed by atoms with Crippen molar-refractivity contribution in [3.63, 3.8) is 0 Å². The summed E-state index contributed by atoms with van der Waals surface area (Å²) >= 11 is 0. The minimum absolute atomic E-state index is 0.182. The van der Waals surface area contributed by atoms with Crippen molar-refractivity contribution in [2.24, 2.45) is 0 Å². The van der Waals surface area contributed by atoms with Gasteiger partial charge in [-0.25, -0.2) is 0 Å². The Morgan fingerprint density at radius 3 is 2.47 bits per heavy atom. The number of hydrogen-bond acceptors (Lipinski definition) is 4. The number of aromatic hydroxyl groups is 1.